The van der Waals surface area contributed by atoms with Crippen LogP contribution >= 0.6 is 0 Å². The highest BCUT2D eigenvalue weighted by Crippen LogP contribution is 2.30. The lowest BCUT2D eigenvalue weighted by molar-refractivity contribution is 0.415. The molecule has 0 atom stereocenters. The first-order chi connectivity index (χ1) is 7.33. The van der Waals surface area contributed by atoms with Crippen molar-refractivity contribution in [3.8, 4) is 11.8 Å². The van der Waals surface area contributed by atoms with Crippen LogP contribution < -0.4 is 10.1 Å². The number of hydrogen-bond donors (Lipinski definition) is 1. The molecule has 1 aromatic carbocycles. The maximum absolute atomic E-state index is 8.93. The Morgan fingerprint density at radius 1 is 1.53 bits per heavy atom. The van der Waals surface area contributed by atoms with Crippen molar-refractivity contribution in [2.45, 2.75) is 12.8 Å². The molecule has 0 aliphatic heterocycles. The molecule has 0 bridgehead atoms. The van der Waals surface area contributed by atoms with Crippen molar-refractivity contribution in [3.63, 3.8) is 0 Å². The summed E-state index contributed by atoms with van der Waals surface area (Å²) in [5, 5.41) is 12.2. The van der Waals surface area contributed by atoms with Gasteiger partial charge in [0.25, 0.3) is 0 Å². The lowest BCUT2D eigenvalue weighted by atomic mass is 10.2. The fourth-order valence-corrected chi connectivity index (χ4v) is 1.47. The summed E-state index contributed by atoms with van der Waals surface area (Å²) in [5.41, 5.74) is 1.56. The number of ether oxygens (including phenoxy) is 1. The Balaban J connectivity index is 2.13. The number of methoxy groups -OCH3 is 1. The minimum atomic E-state index is 0.677. The second-order valence-corrected chi connectivity index (χ2v) is 3.85. The van der Waals surface area contributed by atoms with Gasteiger partial charge in [-0.15, -0.1) is 0 Å². The van der Waals surface area contributed by atoms with Crippen molar-refractivity contribution in [1.82, 2.24) is 0 Å². The first kappa shape index (κ1) is 9.85. The van der Waals surface area contributed by atoms with E-state index in [-0.39, 0.29) is 0 Å². The smallest absolute Gasteiger partial charge is 0.121 e. The van der Waals surface area contributed by atoms with Gasteiger partial charge in [0.1, 0.15) is 11.8 Å². The van der Waals surface area contributed by atoms with Gasteiger partial charge in [-0.2, -0.15) is 5.26 Å². The quantitative estimate of drug-likeness (QED) is 0.815. The Morgan fingerprint density at radius 2 is 2.33 bits per heavy atom. The highest BCUT2D eigenvalue weighted by molar-refractivity contribution is 5.60. The average Bonchev–Trinajstić information content (AvgIpc) is 3.09. The van der Waals surface area contributed by atoms with Crippen molar-refractivity contribution in [2.24, 2.45) is 5.92 Å². The topological polar surface area (TPSA) is 45.0 Å². The molecule has 1 aliphatic carbocycles. The molecule has 0 saturated heterocycles. The standard InChI is InChI=1S/C12H14N2O/c1-15-11-5-4-10(7-13)12(6-11)14-8-9-2-3-9/h4-6,9,14H,2-3,8H2,1H3. The Labute approximate surface area is 89.7 Å². The molecule has 1 N–H and O–H groups in total. The number of nitrogens with zero attached hydrogens (tertiary/aromatic N) is 1. The summed E-state index contributed by atoms with van der Waals surface area (Å²) < 4.78 is 5.13. The summed E-state index contributed by atoms with van der Waals surface area (Å²) in [7, 11) is 1.63. The Bertz CT molecular complexity index is 391. The van der Waals surface area contributed by atoms with E-state index in [1.54, 1.807) is 19.2 Å². The fourth-order valence-electron chi connectivity index (χ4n) is 1.47. The first-order valence-corrected chi connectivity index (χ1v) is 5.15. The summed E-state index contributed by atoms with van der Waals surface area (Å²) in [4.78, 5) is 0. The Morgan fingerprint density at radius 3 is 2.93 bits per heavy atom. The summed E-state index contributed by atoms with van der Waals surface area (Å²) in [6, 6.07) is 7.64. The second kappa shape index (κ2) is 4.22. The third-order valence-electron chi connectivity index (χ3n) is 2.63. The van der Waals surface area contributed by atoms with Crippen LogP contribution in [0, 0.1) is 17.2 Å². The van der Waals surface area contributed by atoms with E-state index in [1.165, 1.54) is 12.8 Å². The number of anilines is 1. The molecule has 0 aromatic heterocycles. The number of nitrogens with one attached hydrogen (secondary N) is 1. The number of benzene rings is 1. The fraction of sp³-hybridized carbons (Fsp3) is 0.417. The average molecular weight is 202 g/mol. The van der Waals surface area contributed by atoms with E-state index in [1.807, 2.05) is 6.07 Å². The molecule has 0 unspecified atom stereocenters. The van der Waals surface area contributed by atoms with Crippen LogP contribution in [0.1, 0.15) is 18.4 Å². The summed E-state index contributed by atoms with van der Waals surface area (Å²) >= 11 is 0. The lowest BCUT2D eigenvalue weighted by Crippen LogP contribution is -2.04. The number of hydrogen-bond acceptors (Lipinski definition) is 3. The van der Waals surface area contributed by atoms with Crippen molar-refractivity contribution in [3.05, 3.63) is 23.8 Å². The van der Waals surface area contributed by atoms with Gasteiger partial charge in [-0.1, -0.05) is 0 Å². The van der Waals surface area contributed by atoms with E-state index in [0.29, 0.717) is 5.56 Å². The van der Waals surface area contributed by atoms with Gasteiger partial charge in [0.15, 0.2) is 0 Å². The van der Waals surface area contributed by atoms with Crippen molar-refractivity contribution < 1.29 is 4.74 Å². The highest BCUT2D eigenvalue weighted by Gasteiger charge is 2.21. The zero-order chi connectivity index (χ0) is 10.7. The van der Waals surface area contributed by atoms with Gasteiger partial charge in [0.05, 0.1) is 18.4 Å². The van der Waals surface area contributed by atoms with Crippen LogP contribution in [0.3, 0.4) is 0 Å². The van der Waals surface area contributed by atoms with Crippen LogP contribution in [0.2, 0.25) is 0 Å². The van der Waals surface area contributed by atoms with E-state index < -0.39 is 0 Å². The molecular weight excluding hydrogens is 188 g/mol. The van der Waals surface area contributed by atoms with Crippen LogP contribution in [0.15, 0.2) is 18.2 Å². The van der Waals surface area contributed by atoms with Crippen LogP contribution in [0.4, 0.5) is 5.69 Å². The molecule has 1 aliphatic rings. The molecule has 0 radical (unpaired) electrons. The molecule has 0 spiro atoms. The second-order valence-electron chi connectivity index (χ2n) is 3.85. The minimum Gasteiger partial charge on any atom is -0.497 e. The maximum atomic E-state index is 8.93. The van der Waals surface area contributed by atoms with E-state index in [4.69, 9.17) is 10.00 Å². The van der Waals surface area contributed by atoms with Gasteiger partial charge in [-0.05, 0) is 30.9 Å². The molecular formula is C12H14N2O. The Kier molecular flexibility index (Phi) is 2.77. The molecule has 15 heavy (non-hydrogen) atoms. The molecule has 2 rings (SSSR count). The normalized spacial score (nSPS) is 14.4. The predicted octanol–water partition coefficient (Wildman–Crippen LogP) is 2.39. The first-order valence-electron chi connectivity index (χ1n) is 5.15. The van der Waals surface area contributed by atoms with Crippen molar-refractivity contribution >= 4 is 5.69 Å². The minimum absolute atomic E-state index is 0.677. The number of nitriles is 1. The summed E-state index contributed by atoms with van der Waals surface area (Å²) in [6.07, 6.45) is 2.61. The monoisotopic (exact) mass is 202 g/mol. The summed E-state index contributed by atoms with van der Waals surface area (Å²) in [5.74, 6) is 1.58. The van der Waals surface area contributed by atoms with Crippen LogP contribution in [0.25, 0.3) is 0 Å². The van der Waals surface area contributed by atoms with Crippen molar-refractivity contribution in [2.75, 3.05) is 19.0 Å². The SMILES string of the molecule is COc1ccc(C#N)c(NCC2CC2)c1. The third kappa shape index (κ3) is 2.41. The van der Waals surface area contributed by atoms with Gasteiger partial charge in [0.2, 0.25) is 0 Å². The maximum Gasteiger partial charge on any atom is 0.121 e. The molecule has 0 heterocycles. The van der Waals surface area contributed by atoms with E-state index in [9.17, 15) is 0 Å². The van der Waals surface area contributed by atoms with Crippen LogP contribution in [0.5, 0.6) is 5.75 Å². The zero-order valence-electron chi connectivity index (χ0n) is 8.79. The molecule has 78 valence electrons. The molecule has 3 nitrogen and oxygen atoms in total. The predicted molar refractivity (Wildman–Crippen MR) is 58.9 cm³/mol. The van der Waals surface area contributed by atoms with Gasteiger partial charge < -0.3 is 10.1 Å². The molecule has 1 saturated carbocycles. The van der Waals surface area contributed by atoms with Crippen LogP contribution in [-0.4, -0.2) is 13.7 Å². The molecule has 1 fully saturated rings. The zero-order valence-corrected chi connectivity index (χ0v) is 8.79. The largest absolute Gasteiger partial charge is 0.497 e. The van der Waals surface area contributed by atoms with E-state index >= 15 is 0 Å². The van der Waals surface area contributed by atoms with Gasteiger partial charge >= 0.3 is 0 Å². The van der Waals surface area contributed by atoms with Crippen molar-refractivity contribution in [1.29, 1.82) is 5.26 Å². The van der Waals surface area contributed by atoms with E-state index in [0.717, 1.165) is 23.9 Å². The van der Waals surface area contributed by atoms with Gasteiger partial charge in [-0.25, -0.2) is 0 Å². The summed E-state index contributed by atoms with van der Waals surface area (Å²) in [6.45, 7) is 0.960. The van der Waals surface area contributed by atoms with E-state index in [2.05, 4.69) is 11.4 Å². The number of rotatable bonds is 4. The third-order valence-corrected chi connectivity index (χ3v) is 2.63. The van der Waals surface area contributed by atoms with Gasteiger partial charge in [0, 0.05) is 12.6 Å². The van der Waals surface area contributed by atoms with Gasteiger partial charge in [-0.3, -0.25) is 0 Å². The molecule has 3 heteroatoms. The van der Waals surface area contributed by atoms with Crippen LogP contribution in [-0.2, 0) is 0 Å². The molecule has 0 amide bonds. The Hall–Kier alpha value is -1.69. The lowest BCUT2D eigenvalue weighted by Gasteiger charge is -2.09. The highest BCUT2D eigenvalue weighted by atomic mass is 16.5. The molecule has 1 aromatic rings.